The van der Waals surface area contributed by atoms with E-state index in [1.54, 1.807) is 25.1 Å². The average Bonchev–Trinajstić information content (AvgIpc) is 3.03. The maximum absolute atomic E-state index is 12.1. The third kappa shape index (κ3) is 3.13. The van der Waals surface area contributed by atoms with Crippen molar-refractivity contribution in [2.24, 2.45) is 4.99 Å². The highest BCUT2D eigenvalue weighted by Crippen LogP contribution is 2.49. The van der Waals surface area contributed by atoms with Crippen LogP contribution < -0.4 is 0 Å². The number of aryl methyl sites for hydroxylation is 1. The highest BCUT2D eigenvalue weighted by molar-refractivity contribution is 8.22. The van der Waals surface area contributed by atoms with Gasteiger partial charge in [0.15, 0.2) is 5.17 Å². The summed E-state index contributed by atoms with van der Waals surface area (Å²) < 4.78 is 0. The number of carboxylic acid groups (broad SMARTS) is 1. The van der Waals surface area contributed by atoms with Crippen molar-refractivity contribution in [3.8, 4) is 0 Å². The molecule has 1 atom stereocenters. The molecule has 0 aromatic heterocycles. The number of carboxylic acids is 1. The van der Waals surface area contributed by atoms with Crippen LogP contribution in [0.5, 0.6) is 0 Å². The van der Waals surface area contributed by atoms with E-state index in [0.29, 0.717) is 20.9 Å². The van der Waals surface area contributed by atoms with E-state index in [0.717, 1.165) is 21.6 Å². The number of allylic oxidation sites excluding steroid dienone is 1. The number of benzene rings is 2. The first-order chi connectivity index (χ1) is 13.4. The summed E-state index contributed by atoms with van der Waals surface area (Å²) in [7, 11) is 0. The van der Waals surface area contributed by atoms with Crippen molar-refractivity contribution in [1.29, 1.82) is 0 Å². The van der Waals surface area contributed by atoms with Gasteiger partial charge in [0.1, 0.15) is 0 Å². The minimum Gasteiger partial charge on any atom is -0.478 e. The molecule has 2 aromatic rings. The van der Waals surface area contributed by atoms with E-state index in [9.17, 15) is 9.90 Å². The molecule has 0 fully saturated rings. The average molecular weight is 431 g/mol. The Morgan fingerprint density at radius 2 is 1.79 bits per heavy atom. The number of nitrogens with zero attached hydrogens (tertiary/aromatic N) is 2. The first-order valence-corrected chi connectivity index (χ1v) is 10.2. The van der Waals surface area contributed by atoms with Crippen LogP contribution >= 0.6 is 35.0 Å². The molecule has 7 heteroatoms. The van der Waals surface area contributed by atoms with Gasteiger partial charge in [-0.2, -0.15) is 0 Å². The van der Waals surface area contributed by atoms with Gasteiger partial charge in [0, 0.05) is 16.7 Å². The van der Waals surface area contributed by atoms with E-state index < -0.39 is 12.0 Å². The number of amidine groups is 1. The van der Waals surface area contributed by atoms with Crippen molar-refractivity contribution in [3.05, 3.63) is 86.7 Å². The fraction of sp³-hybridized carbons (Fsp3) is 0.143. The number of hydrogen-bond acceptors (Lipinski definition) is 4. The van der Waals surface area contributed by atoms with Gasteiger partial charge < -0.3 is 10.0 Å². The molecule has 0 radical (unpaired) electrons. The number of thioether (sulfide) groups is 1. The smallest absolute Gasteiger partial charge is 0.335 e. The monoisotopic (exact) mass is 430 g/mol. The summed E-state index contributed by atoms with van der Waals surface area (Å²) in [4.78, 5) is 19.4. The number of aliphatic imine (C=N–C) groups is 1. The molecule has 1 N–H and O–H groups in total. The van der Waals surface area contributed by atoms with Crippen LogP contribution in [0.2, 0.25) is 10.0 Å². The Labute approximate surface area is 177 Å². The molecule has 0 amide bonds. The molecule has 4 nitrogen and oxygen atoms in total. The Hall–Kier alpha value is -2.21. The Balaban J connectivity index is 1.89. The molecule has 2 heterocycles. The van der Waals surface area contributed by atoms with E-state index in [4.69, 9.17) is 23.2 Å². The normalized spacial score (nSPS) is 18.7. The lowest BCUT2D eigenvalue weighted by Crippen LogP contribution is -2.33. The van der Waals surface area contributed by atoms with Crippen LogP contribution in [-0.4, -0.2) is 21.1 Å². The number of aliphatic carboxylic acids is 1. The Kier molecular flexibility index (Phi) is 5.00. The predicted octanol–water partition coefficient (Wildman–Crippen LogP) is 6.12. The molecule has 1 unspecified atom stereocenters. The second kappa shape index (κ2) is 7.32. The maximum atomic E-state index is 12.1. The van der Waals surface area contributed by atoms with Crippen LogP contribution in [0.15, 0.2) is 64.9 Å². The molecule has 0 aliphatic carbocycles. The van der Waals surface area contributed by atoms with Crippen LogP contribution in [0.4, 0.5) is 0 Å². The fourth-order valence-electron chi connectivity index (χ4n) is 3.48. The van der Waals surface area contributed by atoms with Crippen molar-refractivity contribution in [3.63, 3.8) is 0 Å². The quantitative estimate of drug-likeness (QED) is 0.636. The van der Waals surface area contributed by atoms with Gasteiger partial charge in [0.2, 0.25) is 0 Å². The van der Waals surface area contributed by atoms with Gasteiger partial charge in [-0.1, -0.05) is 53.5 Å². The molecule has 2 aromatic carbocycles. The van der Waals surface area contributed by atoms with Crippen molar-refractivity contribution < 1.29 is 9.90 Å². The summed E-state index contributed by atoms with van der Waals surface area (Å²) >= 11 is 14.2. The van der Waals surface area contributed by atoms with Gasteiger partial charge in [-0.3, -0.25) is 0 Å². The lowest BCUT2D eigenvalue weighted by atomic mass is 9.92. The van der Waals surface area contributed by atoms with Gasteiger partial charge in [-0.25, -0.2) is 9.79 Å². The minimum absolute atomic E-state index is 0.265. The summed E-state index contributed by atoms with van der Waals surface area (Å²) in [5.74, 6) is -0.976. The lowest BCUT2D eigenvalue weighted by molar-refractivity contribution is -0.133. The van der Waals surface area contributed by atoms with Crippen molar-refractivity contribution >= 4 is 51.0 Å². The van der Waals surface area contributed by atoms with Gasteiger partial charge >= 0.3 is 5.97 Å². The SMILES string of the molecule is CC1=C(C(=O)O)C(c2ccccc2C)N2C=C(c3c(Cl)cccc3Cl)SC2=N1. The van der Waals surface area contributed by atoms with E-state index in [1.165, 1.54) is 11.8 Å². The fourth-order valence-corrected chi connectivity index (χ4v) is 5.33. The van der Waals surface area contributed by atoms with Crippen molar-refractivity contribution in [1.82, 2.24) is 4.90 Å². The number of hydrogen-bond donors (Lipinski definition) is 1. The van der Waals surface area contributed by atoms with Crippen LogP contribution in [0, 0.1) is 6.92 Å². The van der Waals surface area contributed by atoms with E-state index in [2.05, 4.69) is 4.99 Å². The number of halogens is 2. The molecule has 0 saturated heterocycles. The van der Waals surface area contributed by atoms with Gasteiger partial charge in [0.05, 0.1) is 27.4 Å². The Morgan fingerprint density at radius 3 is 2.43 bits per heavy atom. The standard InChI is InChI=1S/C21H16Cl2N2O2S/c1-11-6-3-4-7-13(11)19-17(20(26)27)12(2)24-21-25(19)10-16(28-21)18-14(22)8-5-9-15(18)23/h3-10,19H,1-2H3,(H,26,27). The first-order valence-electron chi connectivity index (χ1n) is 8.59. The first kappa shape index (κ1) is 19.1. The summed E-state index contributed by atoms with van der Waals surface area (Å²) in [6.07, 6.45) is 1.89. The summed E-state index contributed by atoms with van der Waals surface area (Å²) in [5, 5.41) is 11.7. The van der Waals surface area contributed by atoms with Crippen LogP contribution in [0.3, 0.4) is 0 Å². The van der Waals surface area contributed by atoms with E-state index >= 15 is 0 Å². The predicted molar refractivity (Wildman–Crippen MR) is 116 cm³/mol. The minimum atomic E-state index is -0.976. The third-order valence-electron chi connectivity index (χ3n) is 4.81. The summed E-state index contributed by atoms with van der Waals surface area (Å²) in [5.41, 5.74) is 3.43. The largest absolute Gasteiger partial charge is 0.478 e. The van der Waals surface area contributed by atoms with E-state index in [1.807, 2.05) is 42.3 Å². The molecule has 4 rings (SSSR count). The zero-order valence-electron chi connectivity index (χ0n) is 15.1. The number of fused-ring (bicyclic) bond motifs is 1. The van der Waals surface area contributed by atoms with Gasteiger partial charge in [-0.15, -0.1) is 0 Å². The zero-order valence-corrected chi connectivity index (χ0v) is 17.4. The van der Waals surface area contributed by atoms with Crippen LogP contribution in [0.1, 0.15) is 29.7 Å². The highest BCUT2D eigenvalue weighted by atomic mass is 35.5. The Morgan fingerprint density at radius 1 is 1.11 bits per heavy atom. The zero-order chi connectivity index (χ0) is 20.0. The van der Waals surface area contributed by atoms with Crippen LogP contribution in [0.25, 0.3) is 4.91 Å². The third-order valence-corrected chi connectivity index (χ3v) is 6.45. The molecular formula is C21H16Cl2N2O2S. The van der Waals surface area contributed by atoms with Crippen LogP contribution in [-0.2, 0) is 4.79 Å². The number of carbonyl (C=O) groups is 1. The van der Waals surface area contributed by atoms with Crippen molar-refractivity contribution in [2.75, 3.05) is 0 Å². The van der Waals surface area contributed by atoms with Gasteiger partial charge in [0.25, 0.3) is 0 Å². The molecule has 2 aliphatic rings. The van der Waals surface area contributed by atoms with E-state index in [-0.39, 0.29) is 5.57 Å². The highest BCUT2D eigenvalue weighted by Gasteiger charge is 2.39. The lowest BCUT2D eigenvalue weighted by Gasteiger charge is -2.33. The topological polar surface area (TPSA) is 52.9 Å². The molecule has 28 heavy (non-hydrogen) atoms. The Bertz CT molecular complexity index is 1070. The summed E-state index contributed by atoms with van der Waals surface area (Å²) in [6.45, 7) is 3.72. The van der Waals surface area contributed by atoms with Crippen molar-refractivity contribution in [2.45, 2.75) is 19.9 Å². The molecule has 0 spiro atoms. The second-order valence-corrected chi connectivity index (χ2v) is 8.38. The molecular weight excluding hydrogens is 415 g/mol. The molecule has 0 bridgehead atoms. The molecule has 0 saturated carbocycles. The second-order valence-electron chi connectivity index (χ2n) is 6.56. The van der Waals surface area contributed by atoms with Gasteiger partial charge in [-0.05, 0) is 48.9 Å². The number of rotatable bonds is 3. The summed E-state index contributed by atoms with van der Waals surface area (Å²) in [6, 6.07) is 12.7. The molecule has 2 aliphatic heterocycles. The maximum Gasteiger partial charge on any atom is 0.335 e. The molecule has 142 valence electrons.